The minimum atomic E-state index is 0.161. The molecule has 0 fully saturated rings. The Balaban J connectivity index is 2.45. The van der Waals surface area contributed by atoms with E-state index in [2.05, 4.69) is 37.1 Å². The third-order valence-electron chi connectivity index (χ3n) is 2.50. The first-order valence-electron chi connectivity index (χ1n) is 5.91. The summed E-state index contributed by atoms with van der Waals surface area (Å²) in [4.78, 5) is 0. The summed E-state index contributed by atoms with van der Waals surface area (Å²) in [5, 5.41) is 7.79. The predicted molar refractivity (Wildman–Crippen MR) is 67.0 cm³/mol. The fourth-order valence-corrected chi connectivity index (χ4v) is 1.52. The lowest BCUT2D eigenvalue weighted by Crippen LogP contribution is -2.27. The second-order valence-electron chi connectivity index (χ2n) is 4.27. The summed E-state index contributed by atoms with van der Waals surface area (Å²) in [5.41, 5.74) is 1.05. The number of hydrogen-bond acceptors (Lipinski definition) is 2. The van der Waals surface area contributed by atoms with E-state index in [0.717, 1.165) is 25.1 Å². The first-order chi connectivity index (χ1) is 7.67. The molecule has 1 unspecified atom stereocenters. The van der Waals surface area contributed by atoms with Gasteiger partial charge in [-0.3, -0.25) is 10.00 Å². The predicted octanol–water partition coefficient (Wildman–Crippen LogP) is 2.36. The summed E-state index contributed by atoms with van der Waals surface area (Å²) in [6, 6.07) is 2.61. The summed E-state index contributed by atoms with van der Waals surface area (Å²) >= 11 is 0. The van der Waals surface area contributed by atoms with Crippen molar-refractivity contribution >= 4 is 0 Å². The molecule has 3 nitrogen and oxygen atoms in total. The van der Waals surface area contributed by atoms with Gasteiger partial charge in [-0.1, -0.05) is 19.3 Å². The molecule has 0 aromatic carbocycles. The highest BCUT2D eigenvalue weighted by Gasteiger charge is 2.05. The molecule has 0 saturated carbocycles. The van der Waals surface area contributed by atoms with Crippen LogP contribution in [0.1, 0.15) is 45.3 Å². The highest BCUT2D eigenvalue weighted by molar-refractivity contribution is 5.03. The maximum Gasteiger partial charge on any atom is 0.0762 e. The molecule has 0 aliphatic rings. The topological polar surface area (TPSA) is 29.9 Å². The van der Waals surface area contributed by atoms with Crippen LogP contribution in [0, 0.1) is 12.3 Å². The van der Waals surface area contributed by atoms with Crippen LogP contribution in [-0.4, -0.2) is 15.8 Å². The Morgan fingerprint density at radius 2 is 2.31 bits per heavy atom. The zero-order valence-corrected chi connectivity index (χ0v) is 10.4. The minimum absolute atomic E-state index is 0.161. The third-order valence-corrected chi connectivity index (χ3v) is 2.50. The van der Waals surface area contributed by atoms with Crippen molar-refractivity contribution in [3.05, 3.63) is 18.0 Å². The Hall–Kier alpha value is -1.27. The Kier molecular flexibility index (Phi) is 5.07. The summed E-state index contributed by atoms with van der Waals surface area (Å²) in [6.07, 6.45) is 9.56. The van der Waals surface area contributed by atoms with E-state index in [0.29, 0.717) is 6.04 Å². The normalized spacial score (nSPS) is 12.7. The van der Waals surface area contributed by atoms with Gasteiger partial charge in [-0.05, 0) is 26.3 Å². The van der Waals surface area contributed by atoms with E-state index in [1.54, 1.807) is 0 Å². The Bertz CT molecular complexity index is 346. The van der Waals surface area contributed by atoms with Crippen LogP contribution in [0.15, 0.2) is 12.3 Å². The summed E-state index contributed by atoms with van der Waals surface area (Å²) < 4.78 is 1.96. The van der Waals surface area contributed by atoms with E-state index < -0.39 is 0 Å². The van der Waals surface area contributed by atoms with Crippen molar-refractivity contribution in [1.82, 2.24) is 15.1 Å². The van der Waals surface area contributed by atoms with Gasteiger partial charge in [-0.15, -0.1) is 6.42 Å². The number of nitrogens with zero attached hydrogens (tertiary/aromatic N) is 2. The molecule has 0 aliphatic heterocycles. The molecular weight excluding hydrogens is 198 g/mol. The molecule has 88 valence electrons. The molecule has 1 aromatic rings. The summed E-state index contributed by atoms with van der Waals surface area (Å²) in [7, 11) is 0. The maximum atomic E-state index is 5.44. The molecule has 0 aliphatic carbocycles. The summed E-state index contributed by atoms with van der Waals surface area (Å²) in [6.45, 7) is 7.12. The largest absolute Gasteiger partial charge is 0.298 e. The lowest BCUT2D eigenvalue weighted by Gasteiger charge is -2.10. The second kappa shape index (κ2) is 6.34. The molecule has 1 aromatic heterocycles. The van der Waals surface area contributed by atoms with Crippen LogP contribution < -0.4 is 5.32 Å². The highest BCUT2D eigenvalue weighted by atomic mass is 15.3. The van der Waals surface area contributed by atoms with Crippen molar-refractivity contribution in [2.24, 2.45) is 0 Å². The quantitative estimate of drug-likeness (QED) is 0.744. The van der Waals surface area contributed by atoms with Crippen molar-refractivity contribution in [3.63, 3.8) is 0 Å². The average molecular weight is 219 g/mol. The SMILES string of the molecule is C#CC(CCC)NCc1ccn(C(C)C)n1. The van der Waals surface area contributed by atoms with E-state index >= 15 is 0 Å². The fraction of sp³-hybridized carbons (Fsp3) is 0.615. The van der Waals surface area contributed by atoms with Crippen LogP contribution in [0.4, 0.5) is 0 Å². The van der Waals surface area contributed by atoms with E-state index in [1.807, 2.05) is 16.9 Å². The molecule has 3 heteroatoms. The highest BCUT2D eigenvalue weighted by Crippen LogP contribution is 2.04. The first-order valence-corrected chi connectivity index (χ1v) is 5.91. The van der Waals surface area contributed by atoms with Gasteiger partial charge in [0, 0.05) is 18.8 Å². The van der Waals surface area contributed by atoms with Gasteiger partial charge in [0.25, 0.3) is 0 Å². The van der Waals surface area contributed by atoms with Crippen LogP contribution in [0.25, 0.3) is 0 Å². The third kappa shape index (κ3) is 3.71. The molecule has 0 saturated heterocycles. The van der Waals surface area contributed by atoms with Gasteiger partial charge in [-0.25, -0.2) is 0 Å². The number of nitrogens with one attached hydrogen (secondary N) is 1. The number of terminal acetylenes is 1. The van der Waals surface area contributed by atoms with Crippen molar-refractivity contribution < 1.29 is 0 Å². The molecule has 1 rings (SSSR count). The van der Waals surface area contributed by atoms with Gasteiger partial charge in [0.2, 0.25) is 0 Å². The fourth-order valence-electron chi connectivity index (χ4n) is 1.52. The Morgan fingerprint density at radius 1 is 1.56 bits per heavy atom. The molecule has 1 N–H and O–H groups in total. The number of rotatable bonds is 6. The Morgan fingerprint density at radius 3 is 2.81 bits per heavy atom. The molecular formula is C13H21N3. The minimum Gasteiger partial charge on any atom is -0.298 e. The van der Waals surface area contributed by atoms with Crippen molar-refractivity contribution in [2.45, 2.75) is 52.2 Å². The Labute approximate surface area is 98.2 Å². The monoisotopic (exact) mass is 219 g/mol. The van der Waals surface area contributed by atoms with E-state index in [1.165, 1.54) is 0 Å². The summed E-state index contributed by atoms with van der Waals surface area (Å²) in [5.74, 6) is 2.76. The van der Waals surface area contributed by atoms with Crippen LogP contribution in [0.2, 0.25) is 0 Å². The molecule has 16 heavy (non-hydrogen) atoms. The van der Waals surface area contributed by atoms with Crippen LogP contribution in [0.5, 0.6) is 0 Å². The average Bonchev–Trinajstić information content (AvgIpc) is 2.73. The lowest BCUT2D eigenvalue weighted by atomic mass is 10.2. The van der Waals surface area contributed by atoms with E-state index in [-0.39, 0.29) is 6.04 Å². The van der Waals surface area contributed by atoms with Gasteiger partial charge in [0.15, 0.2) is 0 Å². The van der Waals surface area contributed by atoms with E-state index in [4.69, 9.17) is 6.42 Å². The molecule has 0 amide bonds. The van der Waals surface area contributed by atoms with Crippen molar-refractivity contribution in [1.29, 1.82) is 0 Å². The van der Waals surface area contributed by atoms with Crippen molar-refractivity contribution in [2.75, 3.05) is 0 Å². The van der Waals surface area contributed by atoms with E-state index in [9.17, 15) is 0 Å². The van der Waals surface area contributed by atoms with Crippen LogP contribution >= 0.6 is 0 Å². The lowest BCUT2D eigenvalue weighted by molar-refractivity contribution is 0.511. The van der Waals surface area contributed by atoms with Gasteiger partial charge in [0.05, 0.1) is 11.7 Å². The van der Waals surface area contributed by atoms with Crippen molar-refractivity contribution in [3.8, 4) is 12.3 Å². The zero-order chi connectivity index (χ0) is 12.0. The van der Waals surface area contributed by atoms with Gasteiger partial charge in [-0.2, -0.15) is 5.10 Å². The standard InChI is InChI=1S/C13H21N3/c1-5-7-12(6-2)14-10-13-8-9-16(15-13)11(3)4/h2,8-9,11-12,14H,5,7,10H2,1,3-4H3. The molecule has 1 heterocycles. The van der Waals surface area contributed by atoms with Gasteiger partial charge in [0.1, 0.15) is 0 Å². The smallest absolute Gasteiger partial charge is 0.0762 e. The molecule has 0 radical (unpaired) electrons. The first kappa shape index (κ1) is 12.8. The molecule has 1 atom stereocenters. The van der Waals surface area contributed by atoms with Crippen LogP contribution in [-0.2, 0) is 6.54 Å². The zero-order valence-electron chi connectivity index (χ0n) is 10.4. The molecule has 0 bridgehead atoms. The van der Waals surface area contributed by atoms with Gasteiger partial charge >= 0.3 is 0 Å². The second-order valence-corrected chi connectivity index (χ2v) is 4.27. The molecule has 0 spiro atoms. The van der Waals surface area contributed by atoms with Gasteiger partial charge < -0.3 is 0 Å². The number of aromatic nitrogens is 2. The number of hydrogen-bond donors (Lipinski definition) is 1. The maximum absolute atomic E-state index is 5.44. The van der Waals surface area contributed by atoms with Crippen LogP contribution in [0.3, 0.4) is 0 Å².